The van der Waals surface area contributed by atoms with Gasteiger partial charge >= 0.3 is 5.97 Å². The first kappa shape index (κ1) is 14.9. The third-order valence-corrected chi connectivity index (χ3v) is 3.13. The summed E-state index contributed by atoms with van der Waals surface area (Å²) in [7, 11) is 3.02. The Morgan fingerprint density at radius 1 is 1.24 bits per heavy atom. The van der Waals surface area contributed by atoms with Gasteiger partial charge in [-0.15, -0.1) is 0 Å². The number of fused-ring (bicyclic) bond motifs is 1. The maximum absolute atomic E-state index is 12.0. The van der Waals surface area contributed by atoms with Crippen LogP contribution in [0.3, 0.4) is 0 Å². The highest BCUT2D eigenvalue weighted by Gasteiger charge is 2.24. The number of hydrogen-bond acceptors (Lipinski definition) is 5. The lowest BCUT2D eigenvalue weighted by atomic mass is 9.94. The van der Waals surface area contributed by atoms with Crippen molar-refractivity contribution in [2.75, 3.05) is 27.4 Å². The molecule has 0 aliphatic carbocycles. The predicted octanol–water partition coefficient (Wildman–Crippen LogP) is 1.39. The van der Waals surface area contributed by atoms with Crippen LogP contribution in [-0.4, -0.2) is 39.2 Å². The fraction of sp³-hybridized carbons (Fsp3) is 0.333. The molecular formula is C15H17NO5. The lowest BCUT2D eigenvalue weighted by Crippen LogP contribution is -2.31. The number of amides is 1. The number of methoxy groups -OCH3 is 2. The van der Waals surface area contributed by atoms with Crippen molar-refractivity contribution in [2.45, 2.75) is 6.92 Å². The van der Waals surface area contributed by atoms with E-state index in [1.54, 1.807) is 19.1 Å². The number of carbonyl (C=O) groups excluding carboxylic acids is 2. The van der Waals surface area contributed by atoms with E-state index in [0.29, 0.717) is 34.8 Å². The summed E-state index contributed by atoms with van der Waals surface area (Å²) in [5, 5.41) is 2.71. The molecule has 112 valence electrons. The van der Waals surface area contributed by atoms with Crippen LogP contribution in [0.25, 0.3) is 5.57 Å². The van der Waals surface area contributed by atoms with Gasteiger partial charge in [-0.3, -0.25) is 4.79 Å². The average molecular weight is 291 g/mol. The fourth-order valence-corrected chi connectivity index (χ4v) is 2.15. The van der Waals surface area contributed by atoms with Crippen molar-refractivity contribution in [1.82, 2.24) is 5.32 Å². The van der Waals surface area contributed by atoms with E-state index in [0.717, 1.165) is 0 Å². The van der Waals surface area contributed by atoms with E-state index >= 15 is 0 Å². The van der Waals surface area contributed by atoms with E-state index in [9.17, 15) is 9.59 Å². The van der Waals surface area contributed by atoms with E-state index in [-0.39, 0.29) is 12.5 Å². The van der Waals surface area contributed by atoms with E-state index in [1.807, 2.05) is 0 Å². The van der Waals surface area contributed by atoms with Crippen molar-refractivity contribution in [2.24, 2.45) is 0 Å². The summed E-state index contributed by atoms with van der Waals surface area (Å²) in [5.41, 5.74) is 1.75. The molecule has 0 aromatic heterocycles. The minimum Gasteiger partial charge on any atom is -0.493 e. The number of ether oxygens (including phenoxy) is 3. The Kier molecular flexibility index (Phi) is 4.47. The highest BCUT2D eigenvalue weighted by molar-refractivity contribution is 6.06. The molecule has 0 unspecified atom stereocenters. The van der Waals surface area contributed by atoms with Gasteiger partial charge in [-0.1, -0.05) is 0 Å². The summed E-state index contributed by atoms with van der Waals surface area (Å²) in [5.74, 6) is 0.306. The van der Waals surface area contributed by atoms with Gasteiger partial charge in [0.1, 0.15) is 0 Å². The van der Waals surface area contributed by atoms with Crippen LogP contribution in [0.5, 0.6) is 11.5 Å². The molecule has 1 heterocycles. The van der Waals surface area contributed by atoms with Crippen molar-refractivity contribution in [1.29, 1.82) is 0 Å². The number of rotatable bonds is 4. The van der Waals surface area contributed by atoms with Crippen LogP contribution in [0.15, 0.2) is 18.2 Å². The standard InChI is InChI=1S/C15H17NO5/c1-4-21-14(17)5-9-8-16-15(18)11-7-13(20-3)12(19-2)6-10(9)11/h5-7H,4,8H2,1-3H3,(H,16,18). The molecule has 0 saturated heterocycles. The maximum Gasteiger partial charge on any atom is 0.331 e. The second kappa shape index (κ2) is 6.30. The molecule has 1 aliphatic heterocycles. The van der Waals surface area contributed by atoms with Crippen LogP contribution in [0.4, 0.5) is 0 Å². The molecule has 1 aromatic rings. The number of hydrogen-bond donors (Lipinski definition) is 1. The molecule has 0 saturated carbocycles. The first-order valence-corrected chi connectivity index (χ1v) is 6.52. The Morgan fingerprint density at radius 3 is 2.43 bits per heavy atom. The molecule has 6 heteroatoms. The monoisotopic (exact) mass is 291 g/mol. The quantitative estimate of drug-likeness (QED) is 0.670. The second-order valence-electron chi connectivity index (χ2n) is 4.36. The third kappa shape index (κ3) is 2.99. The van der Waals surface area contributed by atoms with E-state index < -0.39 is 5.97 Å². The minimum absolute atomic E-state index is 0.216. The molecule has 0 bridgehead atoms. The van der Waals surface area contributed by atoms with Crippen LogP contribution in [0, 0.1) is 0 Å². The van der Waals surface area contributed by atoms with Gasteiger partial charge in [0.25, 0.3) is 5.91 Å². The van der Waals surface area contributed by atoms with Crippen LogP contribution < -0.4 is 14.8 Å². The molecule has 0 spiro atoms. The summed E-state index contributed by atoms with van der Waals surface area (Å²) in [6.07, 6.45) is 1.38. The molecule has 0 radical (unpaired) electrons. The van der Waals surface area contributed by atoms with Crippen molar-refractivity contribution >= 4 is 17.4 Å². The van der Waals surface area contributed by atoms with Gasteiger partial charge in [0, 0.05) is 12.6 Å². The number of esters is 1. The Hall–Kier alpha value is -2.50. The van der Waals surface area contributed by atoms with Crippen molar-refractivity contribution in [3.63, 3.8) is 0 Å². The first-order valence-electron chi connectivity index (χ1n) is 6.52. The normalized spacial score (nSPS) is 15.2. The molecule has 1 aliphatic rings. The van der Waals surface area contributed by atoms with Gasteiger partial charge in [0.05, 0.1) is 26.4 Å². The molecule has 0 fully saturated rings. The van der Waals surface area contributed by atoms with Crippen LogP contribution in [-0.2, 0) is 9.53 Å². The van der Waals surface area contributed by atoms with Crippen molar-refractivity contribution in [3.8, 4) is 11.5 Å². The fourth-order valence-electron chi connectivity index (χ4n) is 2.15. The molecule has 2 rings (SSSR count). The second-order valence-corrected chi connectivity index (χ2v) is 4.36. The zero-order valence-electron chi connectivity index (χ0n) is 12.2. The number of nitrogens with one attached hydrogen (secondary N) is 1. The van der Waals surface area contributed by atoms with E-state index in [1.165, 1.54) is 20.3 Å². The molecule has 0 atom stereocenters. The SMILES string of the molecule is CCOC(=O)C=C1CNC(=O)c2cc(OC)c(OC)cc21. The van der Waals surface area contributed by atoms with Crippen LogP contribution in [0.2, 0.25) is 0 Å². The lowest BCUT2D eigenvalue weighted by Gasteiger charge is -2.21. The Balaban J connectivity index is 2.51. The molecule has 6 nitrogen and oxygen atoms in total. The molecule has 1 N–H and O–H groups in total. The van der Waals surface area contributed by atoms with Gasteiger partial charge in [-0.25, -0.2) is 4.79 Å². The molecule has 1 aromatic carbocycles. The van der Waals surface area contributed by atoms with Crippen molar-refractivity contribution in [3.05, 3.63) is 29.3 Å². The highest BCUT2D eigenvalue weighted by Crippen LogP contribution is 2.35. The lowest BCUT2D eigenvalue weighted by molar-refractivity contribution is -0.137. The Labute approximate surface area is 122 Å². The Bertz CT molecular complexity index is 606. The topological polar surface area (TPSA) is 73.9 Å². The van der Waals surface area contributed by atoms with Crippen LogP contribution in [0.1, 0.15) is 22.8 Å². The first-order chi connectivity index (χ1) is 10.1. The van der Waals surface area contributed by atoms with Gasteiger partial charge < -0.3 is 19.5 Å². The zero-order chi connectivity index (χ0) is 15.4. The van der Waals surface area contributed by atoms with Crippen molar-refractivity contribution < 1.29 is 23.8 Å². The minimum atomic E-state index is -0.440. The maximum atomic E-state index is 12.0. The van der Waals surface area contributed by atoms with Gasteiger partial charge in [0.2, 0.25) is 0 Å². The third-order valence-electron chi connectivity index (χ3n) is 3.13. The Morgan fingerprint density at radius 2 is 1.86 bits per heavy atom. The van der Waals surface area contributed by atoms with E-state index in [2.05, 4.69) is 5.32 Å². The highest BCUT2D eigenvalue weighted by atomic mass is 16.5. The summed E-state index contributed by atoms with van der Waals surface area (Å²) < 4.78 is 15.3. The van der Waals surface area contributed by atoms with E-state index in [4.69, 9.17) is 14.2 Å². The summed E-state index contributed by atoms with van der Waals surface area (Å²) in [4.78, 5) is 23.6. The predicted molar refractivity (Wildman–Crippen MR) is 76.5 cm³/mol. The number of benzene rings is 1. The molecule has 1 amide bonds. The molecular weight excluding hydrogens is 274 g/mol. The van der Waals surface area contributed by atoms with Gasteiger partial charge in [0.15, 0.2) is 11.5 Å². The molecule has 21 heavy (non-hydrogen) atoms. The largest absolute Gasteiger partial charge is 0.493 e. The van der Waals surface area contributed by atoms with Gasteiger partial charge in [-0.2, -0.15) is 0 Å². The van der Waals surface area contributed by atoms with Crippen LogP contribution >= 0.6 is 0 Å². The van der Waals surface area contributed by atoms with Gasteiger partial charge in [-0.05, 0) is 30.2 Å². The summed E-state index contributed by atoms with van der Waals surface area (Å²) in [6.45, 7) is 2.30. The summed E-state index contributed by atoms with van der Waals surface area (Å²) >= 11 is 0. The number of carbonyl (C=O) groups is 2. The average Bonchev–Trinajstić information content (AvgIpc) is 2.49. The summed E-state index contributed by atoms with van der Waals surface area (Å²) in [6, 6.07) is 3.29. The zero-order valence-corrected chi connectivity index (χ0v) is 12.2. The smallest absolute Gasteiger partial charge is 0.331 e.